The number of aryl methyl sites for hydroxylation is 1. The van der Waals surface area contributed by atoms with E-state index in [-0.39, 0.29) is 11.6 Å². The van der Waals surface area contributed by atoms with E-state index in [0.29, 0.717) is 18.7 Å². The molecule has 1 aliphatic rings. The smallest absolute Gasteiger partial charge is 0.249 e. The molecule has 0 radical (unpaired) electrons. The van der Waals surface area contributed by atoms with Gasteiger partial charge in [-0.05, 0) is 12.8 Å². The average Bonchev–Trinajstić information content (AvgIpc) is 2.93. The Kier molecular flexibility index (Phi) is 3.97. The van der Waals surface area contributed by atoms with Gasteiger partial charge in [0.05, 0.1) is 11.9 Å². The molecule has 1 aliphatic heterocycles. The first-order valence-corrected chi connectivity index (χ1v) is 7.17. The first kappa shape index (κ1) is 15.4. The molecule has 2 heterocycles. The van der Waals surface area contributed by atoms with E-state index in [1.807, 2.05) is 0 Å². The van der Waals surface area contributed by atoms with E-state index in [0.717, 1.165) is 18.6 Å². The summed E-state index contributed by atoms with van der Waals surface area (Å²) in [4.78, 5) is 14.1. The molecule has 0 spiro atoms. The normalized spacial score (nSPS) is 18.3. The number of amides is 1. The van der Waals surface area contributed by atoms with Gasteiger partial charge in [-0.25, -0.2) is 13.2 Å². The maximum absolute atomic E-state index is 13.3. The molecular formula is C15H15F3N4O. The molecule has 1 saturated heterocycles. The highest BCUT2D eigenvalue weighted by atomic mass is 19.2. The number of nitrogens with zero attached hydrogens (tertiary/aromatic N) is 3. The molecular weight excluding hydrogens is 309 g/mol. The second kappa shape index (κ2) is 5.94. The lowest BCUT2D eigenvalue weighted by atomic mass is 10.0. The molecule has 2 aromatic rings. The maximum Gasteiger partial charge on any atom is 0.249 e. The molecule has 1 aromatic carbocycles. The van der Waals surface area contributed by atoms with Crippen molar-refractivity contribution in [1.82, 2.24) is 9.78 Å². The monoisotopic (exact) mass is 324 g/mol. The maximum atomic E-state index is 13.3. The van der Waals surface area contributed by atoms with Gasteiger partial charge in [-0.3, -0.25) is 9.48 Å². The zero-order chi connectivity index (χ0) is 16.6. The van der Waals surface area contributed by atoms with Crippen molar-refractivity contribution in [3.8, 4) is 0 Å². The molecule has 0 aliphatic carbocycles. The minimum atomic E-state index is -1.53. The summed E-state index contributed by atoms with van der Waals surface area (Å²) < 4.78 is 41.1. The third-order valence-electron chi connectivity index (χ3n) is 3.77. The van der Waals surface area contributed by atoms with Crippen LogP contribution < -0.4 is 10.2 Å². The Balaban J connectivity index is 1.79. The van der Waals surface area contributed by atoms with E-state index in [1.165, 1.54) is 0 Å². The van der Waals surface area contributed by atoms with E-state index in [4.69, 9.17) is 0 Å². The average molecular weight is 324 g/mol. The minimum Gasteiger partial charge on any atom is -0.374 e. The van der Waals surface area contributed by atoms with Crippen molar-refractivity contribution < 1.29 is 18.0 Å². The Labute approximate surface area is 130 Å². The summed E-state index contributed by atoms with van der Waals surface area (Å²) in [6, 6.07) is 1.05. The van der Waals surface area contributed by atoms with Gasteiger partial charge in [-0.2, -0.15) is 5.10 Å². The fourth-order valence-corrected chi connectivity index (χ4v) is 2.65. The van der Waals surface area contributed by atoms with Crippen molar-refractivity contribution in [3.05, 3.63) is 42.0 Å². The van der Waals surface area contributed by atoms with Gasteiger partial charge >= 0.3 is 0 Å². The minimum absolute atomic E-state index is 0.0350. The van der Waals surface area contributed by atoms with Crippen LogP contribution in [0.4, 0.5) is 24.5 Å². The summed E-state index contributed by atoms with van der Waals surface area (Å²) in [5.41, 5.74) is 0.702. The number of rotatable bonds is 3. The van der Waals surface area contributed by atoms with E-state index >= 15 is 0 Å². The van der Waals surface area contributed by atoms with E-state index in [9.17, 15) is 18.0 Å². The Bertz CT molecular complexity index is 723. The van der Waals surface area contributed by atoms with Gasteiger partial charge in [-0.15, -0.1) is 0 Å². The molecule has 1 amide bonds. The zero-order valence-corrected chi connectivity index (χ0v) is 12.4. The lowest BCUT2D eigenvalue weighted by Gasteiger charge is -2.32. The molecule has 0 unspecified atom stereocenters. The van der Waals surface area contributed by atoms with Crippen LogP contribution in [0.3, 0.4) is 0 Å². The molecule has 23 heavy (non-hydrogen) atoms. The van der Waals surface area contributed by atoms with Crippen LogP contribution in [0.1, 0.15) is 12.8 Å². The molecule has 1 aromatic heterocycles. The van der Waals surface area contributed by atoms with E-state index < -0.39 is 23.5 Å². The zero-order valence-electron chi connectivity index (χ0n) is 12.4. The second-order valence-corrected chi connectivity index (χ2v) is 5.46. The third-order valence-corrected chi connectivity index (χ3v) is 3.77. The third kappa shape index (κ3) is 3.01. The molecule has 1 N–H and O–H groups in total. The van der Waals surface area contributed by atoms with Gasteiger partial charge in [0.1, 0.15) is 6.04 Å². The Hall–Kier alpha value is -2.51. The van der Waals surface area contributed by atoms with Crippen LogP contribution in [0.25, 0.3) is 0 Å². The summed E-state index contributed by atoms with van der Waals surface area (Å²) in [7, 11) is 1.75. The van der Waals surface area contributed by atoms with Gasteiger partial charge in [0.15, 0.2) is 17.5 Å². The van der Waals surface area contributed by atoms with Crippen molar-refractivity contribution in [2.24, 2.45) is 7.05 Å². The van der Waals surface area contributed by atoms with E-state index in [2.05, 4.69) is 10.4 Å². The summed E-state index contributed by atoms with van der Waals surface area (Å²) in [6.45, 7) is 0.550. The SMILES string of the molecule is Cn1cc(N2CCC[C@@H](Nc3cc(F)c(F)c(F)c3)C2=O)cn1. The summed E-state index contributed by atoms with van der Waals surface area (Å²) in [5, 5.41) is 6.81. The fraction of sp³-hybridized carbons (Fsp3) is 0.333. The summed E-state index contributed by atoms with van der Waals surface area (Å²) in [6.07, 6.45) is 4.55. The van der Waals surface area contributed by atoms with Crippen LogP contribution >= 0.6 is 0 Å². The highest BCUT2D eigenvalue weighted by Gasteiger charge is 2.30. The van der Waals surface area contributed by atoms with Gasteiger partial charge in [0.2, 0.25) is 5.91 Å². The number of carbonyl (C=O) groups excluding carboxylic acids is 1. The van der Waals surface area contributed by atoms with Crippen LogP contribution in [0.5, 0.6) is 0 Å². The number of nitrogens with one attached hydrogen (secondary N) is 1. The molecule has 1 fully saturated rings. The van der Waals surface area contributed by atoms with Gasteiger partial charge in [0, 0.05) is 37.6 Å². The van der Waals surface area contributed by atoms with Gasteiger partial charge in [-0.1, -0.05) is 0 Å². The molecule has 1 atom stereocenters. The van der Waals surface area contributed by atoms with Crippen molar-refractivity contribution in [1.29, 1.82) is 0 Å². The number of halogens is 3. The van der Waals surface area contributed by atoms with Crippen molar-refractivity contribution >= 4 is 17.3 Å². The van der Waals surface area contributed by atoms with Crippen molar-refractivity contribution in [2.45, 2.75) is 18.9 Å². The van der Waals surface area contributed by atoms with Crippen molar-refractivity contribution in [2.75, 3.05) is 16.8 Å². The van der Waals surface area contributed by atoms with Crippen LogP contribution in [0.2, 0.25) is 0 Å². The largest absolute Gasteiger partial charge is 0.374 e. The summed E-state index contributed by atoms with van der Waals surface area (Å²) in [5.74, 6) is -4.32. The number of anilines is 2. The molecule has 122 valence electrons. The standard InChI is InChI=1S/C15H15F3N4O/c1-21-8-10(7-19-21)22-4-2-3-13(15(22)23)20-9-5-11(16)14(18)12(17)6-9/h5-8,13,20H,2-4H2,1H3/t13-/m1/s1. The first-order valence-electron chi connectivity index (χ1n) is 7.17. The molecule has 5 nitrogen and oxygen atoms in total. The number of piperidine rings is 1. The van der Waals surface area contributed by atoms with Gasteiger partial charge in [0.25, 0.3) is 0 Å². The lowest BCUT2D eigenvalue weighted by molar-refractivity contribution is -0.120. The van der Waals surface area contributed by atoms with Crippen LogP contribution in [-0.4, -0.2) is 28.3 Å². The summed E-state index contributed by atoms with van der Waals surface area (Å²) >= 11 is 0. The Morgan fingerprint density at radius 2 is 1.96 bits per heavy atom. The molecule has 0 bridgehead atoms. The number of aromatic nitrogens is 2. The predicted octanol–water partition coefficient (Wildman–Crippen LogP) is 2.44. The predicted molar refractivity (Wildman–Crippen MR) is 78.5 cm³/mol. The molecule has 8 heteroatoms. The first-order chi connectivity index (χ1) is 11.0. The number of hydrogen-bond donors (Lipinski definition) is 1. The topological polar surface area (TPSA) is 50.2 Å². The van der Waals surface area contributed by atoms with E-state index in [1.54, 1.807) is 29.0 Å². The Morgan fingerprint density at radius 3 is 2.57 bits per heavy atom. The van der Waals surface area contributed by atoms with Crippen LogP contribution in [0, 0.1) is 17.5 Å². The quantitative estimate of drug-likeness (QED) is 0.883. The number of benzene rings is 1. The molecule has 0 saturated carbocycles. The van der Waals surface area contributed by atoms with Gasteiger partial charge < -0.3 is 10.2 Å². The molecule has 3 rings (SSSR count). The van der Waals surface area contributed by atoms with Crippen molar-refractivity contribution in [3.63, 3.8) is 0 Å². The number of carbonyl (C=O) groups is 1. The highest BCUT2D eigenvalue weighted by Crippen LogP contribution is 2.24. The highest BCUT2D eigenvalue weighted by molar-refractivity contribution is 5.99. The lowest BCUT2D eigenvalue weighted by Crippen LogP contribution is -2.47. The van der Waals surface area contributed by atoms with Crippen LogP contribution in [0.15, 0.2) is 24.5 Å². The second-order valence-electron chi connectivity index (χ2n) is 5.46. The fourth-order valence-electron chi connectivity index (χ4n) is 2.65. The Morgan fingerprint density at radius 1 is 1.26 bits per heavy atom. The number of hydrogen-bond acceptors (Lipinski definition) is 3. The van der Waals surface area contributed by atoms with Crippen LogP contribution in [-0.2, 0) is 11.8 Å².